The summed E-state index contributed by atoms with van der Waals surface area (Å²) < 4.78 is 13.0. The Morgan fingerprint density at radius 3 is 2.77 bits per heavy atom. The molecule has 2 aromatic rings. The van der Waals surface area contributed by atoms with Crippen LogP contribution in [-0.2, 0) is 14.3 Å². The molecule has 0 saturated carbocycles. The van der Waals surface area contributed by atoms with E-state index in [0.29, 0.717) is 31.5 Å². The minimum atomic E-state index is -0.0168. The second-order valence-corrected chi connectivity index (χ2v) is 8.36. The summed E-state index contributed by atoms with van der Waals surface area (Å²) in [6, 6.07) is 8.15. The predicted molar refractivity (Wildman–Crippen MR) is 119 cm³/mol. The van der Waals surface area contributed by atoms with Gasteiger partial charge in [0.25, 0.3) is 0 Å². The van der Waals surface area contributed by atoms with Crippen LogP contribution in [0.15, 0.2) is 29.4 Å². The number of aryl methyl sites for hydroxylation is 1. The topological polar surface area (TPSA) is 81.5 Å². The summed E-state index contributed by atoms with van der Waals surface area (Å²) in [6.45, 7) is 10.2. The van der Waals surface area contributed by atoms with Gasteiger partial charge in [0.1, 0.15) is 0 Å². The second-order valence-electron chi connectivity index (χ2n) is 7.42. The number of morpholine rings is 1. The number of nitrogens with one attached hydrogen (secondary N) is 1. The lowest BCUT2D eigenvalue weighted by Crippen LogP contribution is -2.38. The van der Waals surface area contributed by atoms with Crippen molar-refractivity contribution in [1.29, 1.82) is 0 Å². The normalized spacial score (nSPS) is 14.3. The second kappa shape index (κ2) is 11.3. The first kappa shape index (κ1) is 22.6. The molecule has 1 fully saturated rings. The van der Waals surface area contributed by atoms with Crippen LogP contribution >= 0.6 is 11.8 Å². The molecule has 1 amide bonds. The number of carbonyl (C=O) groups is 1. The number of para-hydroxylation sites is 1. The van der Waals surface area contributed by atoms with Crippen molar-refractivity contribution >= 4 is 23.6 Å². The fourth-order valence-electron chi connectivity index (χ4n) is 3.15. The van der Waals surface area contributed by atoms with Gasteiger partial charge in [-0.05, 0) is 38.8 Å². The molecule has 0 atom stereocenters. The number of hydrogen-bond donors (Lipinski definition) is 1. The number of amides is 1. The third-order valence-corrected chi connectivity index (χ3v) is 5.62. The Kier molecular flexibility index (Phi) is 8.53. The van der Waals surface area contributed by atoms with Crippen LogP contribution in [0.4, 0.5) is 5.95 Å². The summed E-state index contributed by atoms with van der Waals surface area (Å²) in [7, 11) is 0. The smallest absolute Gasteiger partial charge is 0.232 e. The molecule has 8 nitrogen and oxygen atoms in total. The largest absolute Gasteiger partial charge is 0.379 e. The Balaban J connectivity index is 1.66. The van der Waals surface area contributed by atoms with Crippen LogP contribution in [0.3, 0.4) is 0 Å². The highest BCUT2D eigenvalue weighted by molar-refractivity contribution is 7.99. The van der Waals surface area contributed by atoms with E-state index < -0.39 is 0 Å². The number of anilines is 1. The molecule has 2 heterocycles. The van der Waals surface area contributed by atoms with Crippen molar-refractivity contribution in [3.8, 4) is 5.69 Å². The molecule has 3 rings (SSSR count). The average molecular weight is 434 g/mol. The predicted octanol–water partition coefficient (Wildman–Crippen LogP) is 2.44. The van der Waals surface area contributed by atoms with Crippen molar-refractivity contribution in [2.45, 2.75) is 38.5 Å². The zero-order chi connectivity index (χ0) is 21.3. The summed E-state index contributed by atoms with van der Waals surface area (Å²) in [5, 5.41) is 12.5. The maximum Gasteiger partial charge on any atom is 0.232 e. The standard InChI is InChI=1S/C21H31N5O3S/c1-16(2)29-12-6-9-22-19(27)15-30-21-24-23-20(25-10-13-28-14-11-25)26(21)18-8-5-4-7-17(18)3/h4-5,7-8,16H,6,9-15H2,1-3H3,(H,22,27). The number of hydrogen-bond acceptors (Lipinski definition) is 7. The van der Waals surface area contributed by atoms with E-state index in [9.17, 15) is 4.79 Å². The summed E-state index contributed by atoms with van der Waals surface area (Å²) in [6.07, 6.45) is 1.01. The van der Waals surface area contributed by atoms with Crippen LogP contribution in [0, 0.1) is 6.92 Å². The molecular weight excluding hydrogens is 402 g/mol. The van der Waals surface area contributed by atoms with Gasteiger partial charge in [0, 0.05) is 26.2 Å². The van der Waals surface area contributed by atoms with Gasteiger partial charge >= 0.3 is 0 Å². The van der Waals surface area contributed by atoms with E-state index in [4.69, 9.17) is 9.47 Å². The van der Waals surface area contributed by atoms with E-state index in [2.05, 4.69) is 44.0 Å². The van der Waals surface area contributed by atoms with Gasteiger partial charge in [0.05, 0.1) is 30.8 Å². The van der Waals surface area contributed by atoms with E-state index in [1.165, 1.54) is 11.8 Å². The van der Waals surface area contributed by atoms with Gasteiger partial charge in [-0.3, -0.25) is 9.36 Å². The number of carbonyl (C=O) groups excluding carboxylic acids is 1. The van der Waals surface area contributed by atoms with Crippen molar-refractivity contribution in [3.63, 3.8) is 0 Å². The maximum atomic E-state index is 12.3. The zero-order valence-electron chi connectivity index (χ0n) is 18.0. The molecule has 1 aliphatic rings. The van der Waals surface area contributed by atoms with Crippen LogP contribution in [0.5, 0.6) is 0 Å². The fourth-order valence-corrected chi connectivity index (χ4v) is 3.92. The van der Waals surface area contributed by atoms with E-state index in [1.807, 2.05) is 26.0 Å². The lowest BCUT2D eigenvalue weighted by Gasteiger charge is -2.28. The van der Waals surface area contributed by atoms with E-state index >= 15 is 0 Å². The molecule has 0 spiro atoms. The minimum Gasteiger partial charge on any atom is -0.379 e. The number of benzene rings is 1. The summed E-state index contributed by atoms with van der Waals surface area (Å²) in [5.74, 6) is 1.07. The Hall–Kier alpha value is -2.10. The Morgan fingerprint density at radius 2 is 2.03 bits per heavy atom. The fraction of sp³-hybridized carbons (Fsp3) is 0.571. The number of rotatable bonds is 10. The molecule has 30 heavy (non-hydrogen) atoms. The molecule has 1 saturated heterocycles. The summed E-state index contributed by atoms with van der Waals surface area (Å²) in [5.41, 5.74) is 2.15. The SMILES string of the molecule is Cc1ccccc1-n1c(SCC(=O)NCCCOC(C)C)nnc1N1CCOCC1. The highest BCUT2D eigenvalue weighted by Gasteiger charge is 2.23. The van der Waals surface area contributed by atoms with Crippen molar-refractivity contribution in [2.24, 2.45) is 0 Å². The lowest BCUT2D eigenvalue weighted by atomic mass is 10.2. The van der Waals surface area contributed by atoms with Gasteiger partial charge in [0.2, 0.25) is 11.9 Å². The zero-order valence-corrected chi connectivity index (χ0v) is 18.8. The van der Waals surface area contributed by atoms with Crippen LogP contribution < -0.4 is 10.2 Å². The molecule has 1 aromatic heterocycles. The number of nitrogens with zero attached hydrogens (tertiary/aromatic N) is 4. The van der Waals surface area contributed by atoms with Crippen molar-refractivity contribution in [1.82, 2.24) is 20.1 Å². The Morgan fingerprint density at radius 1 is 1.27 bits per heavy atom. The molecule has 9 heteroatoms. The lowest BCUT2D eigenvalue weighted by molar-refractivity contribution is -0.118. The monoisotopic (exact) mass is 433 g/mol. The van der Waals surface area contributed by atoms with Gasteiger partial charge in [-0.15, -0.1) is 10.2 Å². The first-order chi connectivity index (χ1) is 14.6. The van der Waals surface area contributed by atoms with Gasteiger partial charge in [-0.25, -0.2) is 0 Å². The number of aromatic nitrogens is 3. The molecule has 0 unspecified atom stereocenters. The van der Waals surface area contributed by atoms with E-state index in [-0.39, 0.29) is 17.8 Å². The first-order valence-electron chi connectivity index (χ1n) is 10.4. The molecule has 164 valence electrons. The molecule has 1 aliphatic heterocycles. The third-order valence-electron chi connectivity index (χ3n) is 4.69. The highest BCUT2D eigenvalue weighted by Crippen LogP contribution is 2.28. The van der Waals surface area contributed by atoms with Gasteiger partial charge in [-0.1, -0.05) is 30.0 Å². The Bertz CT molecular complexity index is 821. The Labute approximate surface area is 182 Å². The molecule has 0 radical (unpaired) electrons. The highest BCUT2D eigenvalue weighted by atomic mass is 32.2. The van der Waals surface area contributed by atoms with Crippen LogP contribution in [0.2, 0.25) is 0 Å². The quantitative estimate of drug-likeness (QED) is 0.455. The van der Waals surface area contributed by atoms with Gasteiger partial charge in [-0.2, -0.15) is 0 Å². The minimum absolute atomic E-state index is 0.0168. The summed E-state index contributed by atoms with van der Waals surface area (Å²) >= 11 is 1.40. The van der Waals surface area contributed by atoms with Crippen LogP contribution in [0.1, 0.15) is 25.8 Å². The average Bonchev–Trinajstić information content (AvgIpc) is 3.16. The first-order valence-corrected chi connectivity index (χ1v) is 11.4. The molecule has 0 bridgehead atoms. The number of thioether (sulfide) groups is 1. The molecular formula is C21H31N5O3S. The van der Waals surface area contributed by atoms with Crippen molar-refractivity contribution < 1.29 is 14.3 Å². The van der Waals surface area contributed by atoms with Crippen molar-refractivity contribution in [2.75, 3.05) is 50.1 Å². The molecule has 1 N–H and O–H groups in total. The van der Waals surface area contributed by atoms with Gasteiger partial charge < -0.3 is 19.7 Å². The van der Waals surface area contributed by atoms with E-state index in [1.54, 1.807) is 0 Å². The van der Waals surface area contributed by atoms with Crippen LogP contribution in [-0.4, -0.2) is 72.0 Å². The van der Waals surface area contributed by atoms with Crippen molar-refractivity contribution in [3.05, 3.63) is 29.8 Å². The molecule has 0 aliphatic carbocycles. The van der Waals surface area contributed by atoms with Gasteiger partial charge in [0.15, 0.2) is 5.16 Å². The molecule has 1 aromatic carbocycles. The summed E-state index contributed by atoms with van der Waals surface area (Å²) in [4.78, 5) is 14.5. The van der Waals surface area contributed by atoms with E-state index in [0.717, 1.165) is 36.7 Å². The third kappa shape index (κ3) is 6.20. The number of ether oxygens (including phenoxy) is 2. The van der Waals surface area contributed by atoms with Crippen LogP contribution in [0.25, 0.3) is 5.69 Å². The maximum absolute atomic E-state index is 12.3.